The summed E-state index contributed by atoms with van der Waals surface area (Å²) in [5, 5.41) is 9.28. The van der Waals surface area contributed by atoms with Crippen molar-refractivity contribution in [3.63, 3.8) is 0 Å². The molecule has 0 aliphatic rings. The summed E-state index contributed by atoms with van der Waals surface area (Å²) in [6.07, 6.45) is 0.870. The largest absolute Gasteiger partial charge is 0.463 e. The number of aromatic nitrogens is 5. The number of aryl methyl sites for hydroxylation is 1. The van der Waals surface area contributed by atoms with Gasteiger partial charge in [-0.25, -0.2) is 5.84 Å². The topological polar surface area (TPSA) is 112 Å². The van der Waals surface area contributed by atoms with Gasteiger partial charge in [0.25, 0.3) is 0 Å². The number of nitrogens with zero attached hydrogens (tertiary/aromatic N) is 5. The molecular weight excluding hydrogens is 286 g/mol. The summed E-state index contributed by atoms with van der Waals surface area (Å²) in [4.78, 5) is 12.3. The second kappa shape index (κ2) is 6.59. The average molecular weight is 299 g/mol. The minimum atomic E-state index is 0.244. The lowest BCUT2D eigenvalue weighted by Crippen LogP contribution is -2.13. The SMILES string of the molecule is CCCOc1nc(NN)nc(Sc2nnc(C)s2)n1. The Labute approximate surface area is 118 Å². The smallest absolute Gasteiger partial charge is 0.322 e. The van der Waals surface area contributed by atoms with E-state index in [1.807, 2.05) is 13.8 Å². The number of anilines is 1. The van der Waals surface area contributed by atoms with Gasteiger partial charge in [0.15, 0.2) is 4.34 Å². The highest BCUT2D eigenvalue weighted by Gasteiger charge is 2.11. The van der Waals surface area contributed by atoms with Crippen molar-refractivity contribution >= 4 is 29.0 Å². The van der Waals surface area contributed by atoms with Gasteiger partial charge in [0.05, 0.1) is 6.61 Å². The van der Waals surface area contributed by atoms with Gasteiger partial charge in [-0.3, -0.25) is 5.43 Å². The first kappa shape index (κ1) is 13.9. The lowest BCUT2D eigenvalue weighted by Gasteiger charge is -2.05. The van der Waals surface area contributed by atoms with Crippen LogP contribution >= 0.6 is 23.1 Å². The molecule has 0 radical (unpaired) electrons. The van der Waals surface area contributed by atoms with Gasteiger partial charge in [0.2, 0.25) is 11.1 Å². The van der Waals surface area contributed by atoms with Gasteiger partial charge in [-0.05, 0) is 25.1 Å². The number of nitrogen functional groups attached to an aromatic ring is 1. The van der Waals surface area contributed by atoms with Crippen LogP contribution in [0.5, 0.6) is 6.01 Å². The third kappa shape index (κ3) is 3.98. The minimum absolute atomic E-state index is 0.244. The van der Waals surface area contributed by atoms with Gasteiger partial charge in [-0.1, -0.05) is 18.3 Å². The standard InChI is InChI=1S/C9H13N7OS2/c1-3-4-17-7-11-6(14-10)12-8(13-7)19-9-16-15-5(2)18-9/h3-4,10H2,1-2H3,(H,11,12,13,14). The van der Waals surface area contributed by atoms with E-state index < -0.39 is 0 Å². The van der Waals surface area contributed by atoms with Gasteiger partial charge in [-0.15, -0.1) is 10.2 Å². The van der Waals surface area contributed by atoms with Crippen molar-refractivity contribution < 1.29 is 4.74 Å². The van der Waals surface area contributed by atoms with Crippen molar-refractivity contribution in [1.29, 1.82) is 0 Å². The van der Waals surface area contributed by atoms with Crippen LogP contribution in [-0.2, 0) is 0 Å². The number of nitrogens with one attached hydrogen (secondary N) is 1. The van der Waals surface area contributed by atoms with Crippen molar-refractivity contribution in [2.24, 2.45) is 5.84 Å². The number of nitrogens with two attached hydrogens (primary N) is 1. The highest BCUT2D eigenvalue weighted by Crippen LogP contribution is 2.28. The van der Waals surface area contributed by atoms with E-state index in [9.17, 15) is 0 Å². The molecule has 0 amide bonds. The number of hydrogen-bond donors (Lipinski definition) is 2. The quantitative estimate of drug-likeness (QED) is 0.601. The summed E-state index contributed by atoms with van der Waals surface area (Å²) >= 11 is 2.76. The molecule has 0 aliphatic carbocycles. The summed E-state index contributed by atoms with van der Waals surface area (Å²) in [7, 11) is 0. The Balaban J connectivity index is 2.18. The fraction of sp³-hybridized carbons (Fsp3) is 0.444. The number of ether oxygens (including phenoxy) is 1. The Kier molecular flexibility index (Phi) is 4.82. The van der Waals surface area contributed by atoms with E-state index in [1.54, 1.807) is 0 Å². The molecule has 0 saturated carbocycles. The lowest BCUT2D eigenvalue weighted by atomic mass is 10.5. The maximum Gasteiger partial charge on any atom is 0.322 e. The van der Waals surface area contributed by atoms with E-state index in [0.29, 0.717) is 11.8 Å². The van der Waals surface area contributed by atoms with E-state index in [1.165, 1.54) is 23.1 Å². The molecule has 0 fully saturated rings. The van der Waals surface area contributed by atoms with Gasteiger partial charge >= 0.3 is 6.01 Å². The van der Waals surface area contributed by atoms with Gasteiger partial charge in [0.1, 0.15) is 5.01 Å². The normalized spacial score (nSPS) is 10.5. The van der Waals surface area contributed by atoms with Crippen molar-refractivity contribution in [3.8, 4) is 6.01 Å². The van der Waals surface area contributed by atoms with Crippen molar-refractivity contribution in [1.82, 2.24) is 25.1 Å². The Morgan fingerprint density at radius 2 is 2.16 bits per heavy atom. The van der Waals surface area contributed by atoms with Crippen molar-refractivity contribution in [2.45, 2.75) is 29.8 Å². The first-order valence-corrected chi connectivity index (χ1v) is 7.18. The summed E-state index contributed by atoms with van der Waals surface area (Å²) in [5.41, 5.74) is 2.39. The van der Waals surface area contributed by atoms with Crippen molar-refractivity contribution in [2.75, 3.05) is 12.0 Å². The van der Waals surface area contributed by atoms with Crippen LogP contribution in [0.3, 0.4) is 0 Å². The van der Waals surface area contributed by atoms with Gasteiger partial charge < -0.3 is 4.74 Å². The molecule has 2 aromatic rings. The predicted molar refractivity (Wildman–Crippen MR) is 72.2 cm³/mol. The zero-order chi connectivity index (χ0) is 13.7. The van der Waals surface area contributed by atoms with Crippen LogP contribution in [0.2, 0.25) is 0 Å². The Hall–Kier alpha value is -1.52. The molecule has 10 heteroatoms. The molecular formula is C9H13N7OS2. The fourth-order valence-corrected chi connectivity index (χ4v) is 2.77. The average Bonchev–Trinajstić information content (AvgIpc) is 2.81. The number of hydrogen-bond acceptors (Lipinski definition) is 10. The molecule has 2 heterocycles. The van der Waals surface area contributed by atoms with Crippen LogP contribution in [0.1, 0.15) is 18.4 Å². The Morgan fingerprint density at radius 1 is 1.32 bits per heavy atom. The summed E-state index contributed by atoms with van der Waals surface area (Å²) < 4.78 is 6.13. The molecule has 0 saturated heterocycles. The predicted octanol–water partition coefficient (Wildman–Crippen LogP) is 1.26. The molecule has 0 aliphatic heterocycles. The Morgan fingerprint density at radius 3 is 2.79 bits per heavy atom. The molecule has 0 bridgehead atoms. The summed E-state index contributed by atoms with van der Waals surface area (Å²) in [6.45, 7) is 4.43. The summed E-state index contributed by atoms with van der Waals surface area (Å²) in [6, 6.07) is 0.244. The second-order valence-electron chi connectivity index (χ2n) is 3.41. The number of rotatable bonds is 6. The van der Waals surface area contributed by atoms with Crippen molar-refractivity contribution in [3.05, 3.63) is 5.01 Å². The van der Waals surface area contributed by atoms with Crippen LogP contribution in [0.4, 0.5) is 5.95 Å². The molecule has 8 nitrogen and oxygen atoms in total. The first-order chi connectivity index (χ1) is 9.21. The third-order valence-corrected chi connectivity index (χ3v) is 3.60. The van der Waals surface area contributed by atoms with Crippen LogP contribution in [0.25, 0.3) is 0 Å². The molecule has 3 N–H and O–H groups in total. The molecule has 2 rings (SSSR count). The van der Waals surface area contributed by atoms with Crippen LogP contribution in [0, 0.1) is 6.92 Å². The zero-order valence-corrected chi connectivity index (χ0v) is 12.1. The molecule has 0 atom stereocenters. The number of hydrazine groups is 1. The molecule has 0 spiro atoms. The van der Waals surface area contributed by atoms with E-state index in [0.717, 1.165) is 15.8 Å². The van der Waals surface area contributed by atoms with E-state index >= 15 is 0 Å². The third-order valence-electron chi connectivity index (χ3n) is 1.84. The van der Waals surface area contributed by atoms with Crippen LogP contribution < -0.4 is 16.0 Å². The van der Waals surface area contributed by atoms with E-state index in [2.05, 4.69) is 30.6 Å². The summed E-state index contributed by atoms with van der Waals surface area (Å²) in [5.74, 6) is 5.58. The highest BCUT2D eigenvalue weighted by molar-refractivity contribution is 8.00. The molecule has 19 heavy (non-hydrogen) atoms. The fourth-order valence-electron chi connectivity index (χ4n) is 1.10. The van der Waals surface area contributed by atoms with E-state index in [-0.39, 0.29) is 12.0 Å². The van der Waals surface area contributed by atoms with Gasteiger partial charge in [-0.2, -0.15) is 15.0 Å². The Bertz CT molecular complexity index is 547. The molecule has 0 aromatic carbocycles. The first-order valence-electron chi connectivity index (χ1n) is 5.54. The van der Waals surface area contributed by atoms with Crippen LogP contribution in [-0.4, -0.2) is 31.8 Å². The molecule has 2 aromatic heterocycles. The maximum atomic E-state index is 5.38. The molecule has 0 unspecified atom stereocenters. The molecule has 102 valence electrons. The monoisotopic (exact) mass is 299 g/mol. The van der Waals surface area contributed by atoms with Crippen LogP contribution in [0.15, 0.2) is 9.50 Å². The zero-order valence-electron chi connectivity index (χ0n) is 10.5. The van der Waals surface area contributed by atoms with E-state index in [4.69, 9.17) is 10.6 Å². The van der Waals surface area contributed by atoms with Gasteiger partial charge in [0, 0.05) is 0 Å². The maximum absolute atomic E-state index is 5.38. The minimum Gasteiger partial charge on any atom is -0.463 e. The highest BCUT2D eigenvalue weighted by atomic mass is 32.2. The lowest BCUT2D eigenvalue weighted by molar-refractivity contribution is 0.288. The second-order valence-corrected chi connectivity index (χ2v) is 5.80.